The molecule has 0 radical (unpaired) electrons. The zero-order valence-electron chi connectivity index (χ0n) is 10.8. The Balaban J connectivity index is 5.58. The molecule has 0 aromatic heterocycles. The molecule has 0 saturated heterocycles. The summed E-state index contributed by atoms with van der Waals surface area (Å²) in [5.41, 5.74) is 0. The molecule has 0 bridgehead atoms. The van der Waals surface area contributed by atoms with Gasteiger partial charge in [-0.3, -0.25) is 0 Å². The van der Waals surface area contributed by atoms with Crippen LogP contribution in [-0.2, 0) is 0 Å². The monoisotopic (exact) mass is 282 g/mol. The number of halogens is 4. The third kappa shape index (κ3) is 2.53. The number of hydrogen-bond donors (Lipinski definition) is 0. The first-order valence-electron chi connectivity index (χ1n) is 5.86. The molecule has 0 N–H and O–H groups in total. The molecule has 0 atom stereocenters. The second-order valence-corrected chi connectivity index (χ2v) is 14.3. The predicted molar refractivity (Wildman–Crippen MR) is 69.9 cm³/mol. The van der Waals surface area contributed by atoms with Crippen molar-refractivity contribution in [3.8, 4) is 0 Å². The summed E-state index contributed by atoms with van der Waals surface area (Å²) in [6.07, 6.45) is -1.58. The van der Waals surface area contributed by atoms with Gasteiger partial charge in [-0.05, 0) is 0 Å². The first-order chi connectivity index (χ1) is 6.98. The second-order valence-electron chi connectivity index (χ2n) is 4.55. The zero-order chi connectivity index (χ0) is 13.3. The van der Waals surface area contributed by atoms with E-state index in [2.05, 4.69) is 0 Å². The van der Waals surface area contributed by atoms with Crippen molar-refractivity contribution < 1.29 is 16.8 Å². The molecule has 0 aliphatic heterocycles. The van der Waals surface area contributed by atoms with Gasteiger partial charge in [-0.2, -0.15) is 0 Å². The molecule has 6 heteroatoms. The maximum atomic E-state index is 14.5. The first-order valence-corrected chi connectivity index (χ1v) is 10.8. The van der Waals surface area contributed by atoms with Crippen molar-refractivity contribution in [1.29, 1.82) is 0 Å². The third-order valence-corrected chi connectivity index (χ3v) is 15.6. The van der Waals surface area contributed by atoms with E-state index in [1.54, 1.807) is 0 Å². The summed E-state index contributed by atoms with van der Waals surface area (Å²) in [6, 6.07) is 0. The molecule has 0 fully saturated rings. The van der Waals surface area contributed by atoms with Crippen LogP contribution in [0.3, 0.4) is 0 Å². The zero-order valence-corrected chi connectivity index (χ0v) is 12.6. The summed E-state index contributed by atoms with van der Waals surface area (Å²) >= 11 is 0. The van der Waals surface area contributed by atoms with E-state index in [4.69, 9.17) is 0 Å². The van der Waals surface area contributed by atoms with Gasteiger partial charge in [-0.25, -0.2) is 0 Å². The van der Waals surface area contributed by atoms with E-state index in [9.17, 15) is 16.8 Å². The van der Waals surface area contributed by atoms with Crippen LogP contribution in [0.15, 0.2) is 0 Å². The molecule has 0 nitrogen and oxygen atoms in total. The van der Waals surface area contributed by atoms with E-state index in [1.165, 1.54) is 27.7 Å². The molecule has 0 aliphatic rings. The van der Waals surface area contributed by atoms with Gasteiger partial charge in [0, 0.05) is 0 Å². The number of hydrogen-bond acceptors (Lipinski definition) is 0. The summed E-state index contributed by atoms with van der Waals surface area (Å²) in [5.74, 6) is 0. The van der Waals surface area contributed by atoms with Crippen LogP contribution in [0.5, 0.6) is 0 Å². The molecule has 0 saturated carbocycles. The van der Waals surface area contributed by atoms with Crippen molar-refractivity contribution in [2.24, 2.45) is 0 Å². The summed E-state index contributed by atoms with van der Waals surface area (Å²) in [7, 11) is -10.4. The molecule has 0 rings (SSSR count). The summed E-state index contributed by atoms with van der Waals surface area (Å²) in [5, 5.41) is -1.69. The van der Waals surface area contributed by atoms with Crippen molar-refractivity contribution >= 4 is 14.4 Å². The Morgan fingerprint density at radius 3 is 1.00 bits per heavy atom. The van der Waals surface area contributed by atoms with Gasteiger partial charge in [-0.15, -0.1) is 0 Å². The molecular formula is C10H24F4P2. The van der Waals surface area contributed by atoms with Crippen LogP contribution >= 0.6 is 14.4 Å². The average molecular weight is 282 g/mol. The van der Waals surface area contributed by atoms with E-state index in [1.807, 2.05) is 0 Å². The summed E-state index contributed by atoms with van der Waals surface area (Å²) in [6.45, 7) is 6.48. The molecule has 0 aromatic carbocycles. The molecular weight excluding hydrogens is 258 g/mol. The van der Waals surface area contributed by atoms with Crippen molar-refractivity contribution in [1.82, 2.24) is 0 Å². The molecule has 0 aliphatic carbocycles. The van der Waals surface area contributed by atoms with Gasteiger partial charge in [0.15, 0.2) is 0 Å². The molecule has 0 heterocycles. The Hall–Kier alpha value is 0.580. The van der Waals surface area contributed by atoms with Gasteiger partial charge in [0.25, 0.3) is 0 Å². The topological polar surface area (TPSA) is 0 Å². The maximum absolute atomic E-state index is 14.5. The van der Waals surface area contributed by atoms with Crippen LogP contribution in [0.1, 0.15) is 34.6 Å². The SMILES string of the molecule is CCP(F)(F)(CC)C(C)P(F)(F)(CC)CC. The normalized spacial score (nSPS) is 20.6. The quantitative estimate of drug-likeness (QED) is 0.410. The molecule has 0 aromatic rings. The molecule has 0 spiro atoms. The fraction of sp³-hybridized carbons (Fsp3) is 1.00. The van der Waals surface area contributed by atoms with Crippen LogP contribution in [0, 0.1) is 0 Å². The van der Waals surface area contributed by atoms with E-state index in [-0.39, 0.29) is 0 Å². The van der Waals surface area contributed by atoms with Gasteiger partial charge in [-0.1, -0.05) is 0 Å². The van der Waals surface area contributed by atoms with E-state index in [0.717, 1.165) is 6.92 Å². The van der Waals surface area contributed by atoms with Crippen molar-refractivity contribution in [2.75, 3.05) is 24.6 Å². The van der Waals surface area contributed by atoms with E-state index < -0.39 is 44.5 Å². The van der Waals surface area contributed by atoms with Gasteiger partial charge in [0.2, 0.25) is 0 Å². The average Bonchev–Trinajstić information content (AvgIpc) is 2.29. The fourth-order valence-corrected chi connectivity index (χ4v) is 11.4. The van der Waals surface area contributed by atoms with Gasteiger partial charge < -0.3 is 0 Å². The Kier molecular flexibility index (Phi) is 4.51. The van der Waals surface area contributed by atoms with Gasteiger partial charge >= 0.3 is 95.9 Å². The summed E-state index contributed by atoms with van der Waals surface area (Å²) in [4.78, 5) is 0. The Morgan fingerprint density at radius 2 is 0.875 bits per heavy atom. The van der Waals surface area contributed by atoms with Crippen molar-refractivity contribution in [3.63, 3.8) is 0 Å². The summed E-state index contributed by atoms with van der Waals surface area (Å²) < 4.78 is 57.8. The van der Waals surface area contributed by atoms with Crippen LogP contribution in [-0.4, -0.2) is 30.0 Å². The second kappa shape index (κ2) is 4.35. The van der Waals surface area contributed by atoms with Crippen LogP contribution < -0.4 is 0 Å². The Morgan fingerprint density at radius 1 is 0.688 bits per heavy atom. The van der Waals surface area contributed by atoms with Gasteiger partial charge in [0.1, 0.15) is 0 Å². The Labute approximate surface area is 96.5 Å². The third-order valence-electron chi connectivity index (χ3n) is 4.20. The molecule has 16 heavy (non-hydrogen) atoms. The van der Waals surface area contributed by atoms with E-state index >= 15 is 0 Å². The standard InChI is InChI=1S/C10H24F4P2/c1-6-15(11,12,7-2)10(5)16(13,14,8-3)9-4/h10H,6-9H2,1-5H3. The minimum atomic E-state index is -5.22. The molecule has 102 valence electrons. The van der Waals surface area contributed by atoms with Crippen LogP contribution in [0.2, 0.25) is 0 Å². The van der Waals surface area contributed by atoms with Gasteiger partial charge in [0.05, 0.1) is 0 Å². The van der Waals surface area contributed by atoms with E-state index in [0.29, 0.717) is 0 Å². The Bertz CT molecular complexity index is 224. The molecule has 0 unspecified atom stereocenters. The predicted octanol–water partition coefficient (Wildman–Crippen LogP) is 6.06. The minimum absolute atomic E-state index is 0.394. The first kappa shape index (κ1) is 16.6. The molecule has 0 amide bonds. The van der Waals surface area contributed by atoms with Crippen LogP contribution in [0.4, 0.5) is 16.8 Å². The van der Waals surface area contributed by atoms with Crippen molar-refractivity contribution in [3.05, 3.63) is 0 Å². The number of rotatable bonds is 6. The fourth-order valence-electron chi connectivity index (χ4n) is 2.05. The van der Waals surface area contributed by atoms with Crippen LogP contribution in [0.25, 0.3) is 0 Å². The van der Waals surface area contributed by atoms with Crippen molar-refractivity contribution in [2.45, 2.75) is 40.0 Å².